The Morgan fingerprint density at radius 1 is 0.900 bits per heavy atom. The van der Waals surface area contributed by atoms with Gasteiger partial charge < -0.3 is 4.84 Å². The average Bonchev–Trinajstić information content (AvgIpc) is 2.53. The van der Waals surface area contributed by atoms with Crippen molar-refractivity contribution < 1.29 is 9.63 Å². The van der Waals surface area contributed by atoms with Gasteiger partial charge in [-0.25, -0.2) is 0 Å². The minimum atomic E-state index is 0.116. The van der Waals surface area contributed by atoms with Crippen molar-refractivity contribution in [2.24, 2.45) is 5.16 Å². The zero-order valence-electron chi connectivity index (χ0n) is 11.5. The standard InChI is InChI=1S/C17H17NO2/c1-20-18-16(14-8-4-2-5-9-14)12-13-17(19)15-10-6-3-7-11-15/h2-11H,12-13H2,1H3. The van der Waals surface area contributed by atoms with Crippen molar-refractivity contribution in [1.82, 2.24) is 0 Å². The van der Waals surface area contributed by atoms with Crippen LogP contribution in [-0.4, -0.2) is 18.6 Å². The van der Waals surface area contributed by atoms with Gasteiger partial charge in [0.15, 0.2) is 5.78 Å². The Balaban J connectivity index is 2.04. The van der Waals surface area contributed by atoms with Crippen molar-refractivity contribution in [2.45, 2.75) is 12.8 Å². The van der Waals surface area contributed by atoms with E-state index in [4.69, 9.17) is 4.84 Å². The van der Waals surface area contributed by atoms with Crippen LogP contribution in [0.2, 0.25) is 0 Å². The lowest BCUT2D eigenvalue weighted by atomic mass is 10.0. The van der Waals surface area contributed by atoms with Crippen LogP contribution in [0.1, 0.15) is 28.8 Å². The van der Waals surface area contributed by atoms with E-state index in [1.54, 1.807) is 0 Å². The Hall–Kier alpha value is -2.42. The maximum atomic E-state index is 12.1. The normalized spacial score (nSPS) is 11.2. The summed E-state index contributed by atoms with van der Waals surface area (Å²) < 4.78 is 0. The fraction of sp³-hybridized carbons (Fsp3) is 0.176. The van der Waals surface area contributed by atoms with Gasteiger partial charge >= 0.3 is 0 Å². The molecule has 0 amide bonds. The lowest BCUT2D eigenvalue weighted by Crippen LogP contribution is -2.06. The lowest BCUT2D eigenvalue weighted by molar-refractivity contribution is 0.0984. The van der Waals surface area contributed by atoms with E-state index in [0.717, 1.165) is 16.8 Å². The second-order valence-electron chi connectivity index (χ2n) is 4.38. The molecule has 0 spiro atoms. The number of Topliss-reactive ketones (excluding diaryl/α,β-unsaturated/α-hetero) is 1. The first-order valence-corrected chi connectivity index (χ1v) is 6.55. The fourth-order valence-corrected chi connectivity index (χ4v) is 1.98. The lowest BCUT2D eigenvalue weighted by Gasteiger charge is -2.05. The van der Waals surface area contributed by atoms with Gasteiger partial charge in [0.25, 0.3) is 0 Å². The van der Waals surface area contributed by atoms with Crippen LogP contribution in [-0.2, 0) is 4.84 Å². The molecule has 2 aromatic rings. The smallest absolute Gasteiger partial charge is 0.163 e. The summed E-state index contributed by atoms with van der Waals surface area (Å²) in [4.78, 5) is 17.0. The summed E-state index contributed by atoms with van der Waals surface area (Å²) in [7, 11) is 1.52. The van der Waals surface area contributed by atoms with E-state index in [1.165, 1.54) is 7.11 Å². The van der Waals surface area contributed by atoms with Gasteiger partial charge in [0.05, 0.1) is 5.71 Å². The summed E-state index contributed by atoms with van der Waals surface area (Å²) in [6.45, 7) is 0. The van der Waals surface area contributed by atoms with Crippen molar-refractivity contribution in [1.29, 1.82) is 0 Å². The third-order valence-corrected chi connectivity index (χ3v) is 2.99. The Kier molecular flexibility index (Phi) is 5.07. The molecule has 0 aromatic heterocycles. The first-order valence-electron chi connectivity index (χ1n) is 6.55. The predicted molar refractivity (Wildman–Crippen MR) is 80.0 cm³/mol. The fourth-order valence-electron chi connectivity index (χ4n) is 1.98. The molecule has 0 unspecified atom stereocenters. The molecule has 0 N–H and O–H groups in total. The van der Waals surface area contributed by atoms with Gasteiger partial charge in [-0.3, -0.25) is 4.79 Å². The molecule has 0 aliphatic carbocycles. The van der Waals surface area contributed by atoms with Gasteiger partial charge in [-0.15, -0.1) is 0 Å². The van der Waals surface area contributed by atoms with Crippen molar-refractivity contribution in [3.8, 4) is 0 Å². The van der Waals surface area contributed by atoms with Crippen molar-refractivity contribution >= 4 is 11.5 Å². The van der Waals surface area contributed by atoms with Gasteiger partial charge in [-0.2, -0.15) is 0 Å². The first kappa shape index (κ1) is 14.0. The monoisotopic (exact) mass is 267 g/mol. The molecule has 3 nitrogen and oxygen atoms in total. The Morgan fingerprint density at radius 3 is 2.00 bits per heavy atom. The predicted octanol–water partition coefficient (Wildman–Crippen LogP) is 3.70. The Morgan fingerprint density at radius 2 is 1.45 bits per heavy atom. The van der Waals surface area contributed by atoms with Crippen molar-refractivity contribution in [3.05, 3.63) is 71.8 Å². The summed E-state index contributed by atoms with van der Waals surface area (Å²) in [6.07, 6.45) is 0.979. The number of hydrogen-bond donors (Lipinski definition) is 0. The number of oxime groups is 1. The second-order valence-corrected chi connectivity index (χ2v) is 4.38. The molecular weight excluding hydrogens is 250 g/mol. The molecule has 0 aliphatic heterocycles. The number of carbonyl (C=O) groups is 1. The van der Waals surface area contributed by atoms with Crippen LogP contribution in [0, 0.1) is 0 Å². The number of carbonyl (C=O) groups excluding carboxylic acids is 1. The van der Waals surface area contributed by atoms with Crippen LogP contribution >= 0.6 is 0 Å². The van der Waals surface area contributed by atoms with E-state index in [-0.39, 0.29) is 5.78 Å². The molecule has 3 heteroatoms. The highest BCUT2D eigenvalue weighted by atomic mass is 16.6. The van der Waals surface area contributed by atoms with Crippen LogP contribution in [0.5, 0.6) is 0 Å². The number of hydrogen-bond acceptors (Lipinski definition) is 3. The van der Waals surface area contributed by atoms with Crippen LogP contribution in [0.25, 0.3) is 0 Å². The number of ketones is 1. The topological polar surface area (TPSA) is 38.7 Å². The van der Waals surface area contributed by atoms with Gasteiger partial charge in [-0.05, 0) is 5.56 Å². The largest absolute Gasteiger partial charge is 0.399 e. The molecule has 0 fully saturated rings. The van der Waals surface area contributed by atoms with Crippen LogP contribution in [0.4, 0.5) is 0 Å². The zero-order valence-corrected chi connectivity index (χ0v) is 11.5. The summed E-state index contributed by atoms with van der Waals surface area (Å²) in [5.74, 6) is 0.116. The minimum absolute atomic E-state index is 0.116. The highest BCUT2D eigenvalue weighted by Crippen LogP contribution is 2.11. The van der Waals surface area contributed by atoms with Crippen LogP contribution in [0.15, 0.2) is 65.8 Å². The average molecular weight is 267 g/mol. The molecule has 0 saturated carbocycles. The summed E-state index contributed by atoms with van der Waals surface area (Å²) >= 11 is 0. The molecule has 0 radical (unpaired) electrons. The van der Waals surface area contributed by atoms with Crippen molar-refractivity contribution in [3.63, 3.8) is 0 Å². The first-order chi connectivity index (χ1) is 9.81. The SMILES string of the molecule is CON=C(CCC(=O)c1ccccc1)c1ccccc1. The Bertz CT molecular complexity index is 576. The summed E-state index contributed by atoms with van der Waals surface area (Å²) in [5.41, 5.74) is 2.50. The molecule has 0 bridgehead atoms. The van der Waals surface area contributed by atoms with Crippen LogP contribution < -0.4 is 0 Å². The van der Waals surface area contributed by atoms with E-state index in [1.807, 2.05) is 60.7 Å². The molecule has 102 valence electrons. The maximum Gasteiger partial charge on any atom is 0.163 e. The summed E-state index contributed by atoms with van der Waals surface area (Å²) in [5, 5.41) is 4.02. The third-order valence-electron chi connectivity index (χ3n) is 2.99. The second kappa shape index (κ2) is 7.24. The van der Waals surface area contributed by atoms with E-state index < -0.39 is 0 Å². The molecule has 2 aromatic carbocycles. The molecule has 0 heterocycles. The minimum Gasteiger partial charge on any atom is -0.399 e. The molecule has 2 rings (SSSR count). The highest BCUT2D eigenvalue weighted by molar-refractivity contribution is 6.04. The third kappa shape index (κ3) is 3.79. The summed E-state index contributed by atoms with van der Waals surface area (Å²) in [6, 6.07) is 19.1. The maximum absolute atomic E-state index is 12.1. The van der Waals surface area contributed by atoms with E-state index in [9.17, 15) is 4.79 Å². The van der Waals surface area contributed by atoms with E-state index >= 15 is 0 Å². The van der Waals surface area contributed by atoms with Gasteiger partial charge in [0.1, 0.15) is 7.11 Å². The molecular formula is C17H17NO2. The highest BCUT2D eigenvalue weighted by Gasteiger charge is 2.09. The number of benzene rings is 2. The number of rotatable bonds is 6. The van der Waals surface area contributed by atoms with Gasteiger partial charge in [0, 0.05) is 18.4 Å². The van der Waals surface area contributed by atoms with Gasteiger partial charge in [0.2, 0.25) is 0 Å². The molecule has 0 saturated heterocycles. The van der Waals surface area contributed by atoms with E-state index in [2.05, 4.69) is 5.16 Å². The number of nitrogens with zero attached hydrogens (tertiary/aromatic N) is 1. The zero-order chi connectivity index (χ0) is 14.2. The Labute approximate surface area is 118 Å². The van der Waals surface area contributed by atoms with Gasteiger partial charge in [-0.1, -0.05) is 65.8 Å². The van der Waals surface area contributed by atoms with E-state index in [0.29, 0.717) is 12.8 Å². The van der Waals surface area contributed by atoms with Crippen LogP contribution in [0.3, 0.4) is 0 Å². The van der Waals surface area contributed by atoms with Crippen molar-refractivity contribution in [2.75, 3.05) is 7.11 Å². The molecule has 0 aliphatic rings. The molecule has 20 heavy (non-hydrogen) atoms. The molecule has 0 atom stereocenters. The quantitative estimate of drug-likeness (QED) is 0.455.